The predicted molar refractivity (Wildman–Crippen MR) is 203 cm³/mol. The van der Waals surface area contributed by atoms with E-state index in [1.807, 2.05) is 4.90 Å². The van der Waals surface area contributed by atoms with E-state index in [2.05, 4.69) is 20.9 Å². The third-order valence-electron chi connectivity index (χ3n) is 10.0. The van der Waals surface area contributed by atoms with Crippen molar-refractivity contribution in [1.82, 2.24) is 30.7 Å². The summed E-state index contributed by atoms with van der Waals surface area (Å²) < 4.78 is 36.4. The second-order valence-electron chi connectivity index (χ2n) is 14.4. The number of sulfone groups is 1. The van der Waals surface area contributed by atoms with E-state index in [4.69, 9.17) is 5.73 Å². The van der Waals surface area contributed by atoms with Gasteiger partial charge in [0.25, 0.3) is 11.4 Å². The number of benzene rings is 2. The highest BCUT2D eigenvalue weighted by Crippen LogP contribution is 2.39. The molecule has 2 fully saturated rings. The molecule has 0 saturated carbocycles. The largest absolute Gasteiger partial charge is 0.396 e. The molecule has 2 aromatic carbocycles. The Morgan fingerprint density at radius 1 is 1.02 bits per heavy atom. The van der Waals surface area contributed by atoms with Crippen LogP contribution in [-0.2, 0) is 40.1 Å². The van der Waals surface area contributed by atoms with Gasteiger partial charge in [-0.3, -0.25) is 33.3 Å². The predicted octanol–water partition coefficient (Wildman–Crippen LogP) is 0.528. The molecule has 0 aliphatic carbocycles. The first kappa shape index (κ1) is 42.2. The third-order valence-corrected chi connectivity index (χ3v) is 13.0. The van der Waals surface area contributed by atoms with Crippen molar-refractivity contribution in [3.8, 4) is 0 Å². The number of nitrogens with one attached hydrogen (secondary N) is 4. The fourth-order valence-corrected chi connectivity index (χ4v) is 8.43. The van der Waals surface area contributed by atoms with Gasteiger partial charge in [-0.15, -0.1) is 0 Å². The van der Waals surface area contributed by atoms with Crippen molar-refractivity contribution in [2.75, 3.05) is 20.1 Å². The van der Waals surface area contributed by atoms with Crippen molar-refractivity contribution in [2.45, 2.75) is 86.8 Å². The summed E-state index contributed by atoms with van der Waals surface area (Å²) in [5.41, 5.74) is 4.78. The Bertz CT molecular complexity index is 2190. The molecule has 4 atom stereocenters. The highest BCUT2D eigenvalue weighted by atomic mass is 32.2. The highest BCUT2D eigenvalue weighted by Gasteiger charge is 2.45. The quantitative estimate of drug-likeness (QED) is 0.110. The zero-order chi connectivity index (χ0) is 41.1. The van der Waals surface area contributed by atoms with Gasteiger partial charge in [0, 0.05) is 42.0 Å². The van der Waals surface area contributed by atoms with Crippen molar-refractivity contribution < 1.29 is 51.5 Å². The molecule has 2 saturated heterocycles. The van der Waals surface area contributed by atoms with E-state index in [9.17, 15) is 51.5 Å². The van der Waals surface area contributed by atoms with Crippen LogP contribution in [0.4, 0.5) is 0 Å². The summed E-state index contributed by atoms with van der Waals surface area (Å²) in [6.45, 7) is 3.81. The normalized spacial score (nSPS) is 19.9. The molecule has 2 aliphatic heterocycles. The molecule has 5 rings (SSSR count). The lowest BCUT2D eigenvalue weighted by Gasteiger charge is -2.37. The second-order valence-corrected chi connectivity index (χ2v) is 18.4. The number of carbonyl (C=O) groups is 6. The molecule has 2 aliphatic rings. The van der Waals surface area contributed by atoms with E-state index in [1.54, 1.807) is 33.0 Å². The maximum atomic E-state index is 14.2. The minimum atomic E-state index is -5.04. The number of H-pyrrole nitrogens is 1. The van der Waals surface area contributed by atoms with Crippen molar-refractivity contribution >= 4 is 63.4 Å². The molecule has 8 N–H and O–H groups in total. The molecule has 3 heterocycles. The molecule has 0 bridgehead atoms. The molecular formula is C36H46N7O11PS. The number of likely N-dealkylation sites (N-methyl/N-ethyl adjacent to an activating group) is 1. The van der Waals surface area contributed by atoms with Gasteiger partial charge in [0.1, 0.15) is 23.8 Å². The van der Waals surface area contributed by atoms with Crippen LogP contribution in [0.15, 0.2) is 53.4 Å². The Hall–Kier alpha value is -4.94. The first-order valence-electron chi connectivity index (χ1n) is 18.0. The van der Waals surface area contributed by atoms with Gasteiger partial charge in [0.2, 0.25) is 23.6 Å². The molecule has 56 heavy (non-hydrogen) atoms. The van der Waals surface area contributed by atoms with Crippen LogP contribution in [0.5, 0.6) is 0 Å². The van der Waals surface area contributed by atoms with Crippen molar-refractivity contribution in [3.63, 3.8) is 0 Å². The van der Waals surface area contributed by atoms with E-state index in [0.29, 0.717) is 35.9 Å². The van der Waals surface area contributed by atoms with Gasteiger partial charge < -0.3 is 46.3 Å². The number of primary amides is 1. The first-order chi connectivity index (χ1) is 26.3. The van der Waals surface area contributed by atoms with E-state index >= 15 is 0 Å². The molecular weight excluding hydrogens is 769 g/mol. The van der Waals surface area contributed by atoms with E-state index in [0.717, 1.165) is 0 Å². The summed E-state index contributed by atoms with van der Waals surface area (Å²) >= 11 is 0. The summed E-state index contributed by atoms with van der Waals surface area (Å²) in [5.74, 6) is -3.11. The van der Waals surface area contributed by atoms with E-state index in [1.165, 1.54) is 41.3 Å². The Kier molecular flexibility index (Phi) is 12.9. The standard InChI is InChI=1S/C36H46N7O11PS/c1-20(2)56(53,54)25-8-4-21(5-9-25)18-38-32(45)27(11-13-31(37)44)40-34(47)30-12-7-24-14-15-42(3)19-29(35(48)43(24)30)41-33(46)28-17-23-16-22(6-10-26(23)39-28)36(49)55(50,51)52/h4-6,8-10,16-17,20,24,27,29-30,39H,7,11-15,18-19H2,1-3H3,(H2,37,44)(H,38,45)(H,40,47)(H,41,46)(H2,50,51,52)/t24-,27+,29+,30+/m1/s1. The number of aromatic nitrogens is 1. The van der Waals surface area contributed by atoms with Crippen LogP contribution >= 0.6 is 7.60 Å². The number of aromatic amines is 1. The maximum absolute atomic E-state index is 14.2. The molecule has 0 unspecified atom stereocenters. The molecule has 3 aromatic rings. The van der Waals surface area contributed by atoms with Crippen LogP contribution in [-0.4, -0.2) is 118 Å². The van der Waals surface area contributed by atoms with E-state index in [-0.39, 0.29) is 54.5 Å². The average molecular weight is 816 g/mol. The molecule has 302 valence electrons. The summed E-state index contributed by atoms with van der Waals surface area (Å²) in [7, 11) is -6.73. The summed E-state index contributed by atoms with van der Waals surface area (Å²) in [5, 5.41) is 7.88. The zero-order valence-electron chi connectivity index (χ0n) is 31.1. The lowest BCUT2D eigenvalue weighted by molar-refractivity contribution is -0.144. The summed E-state index contributed by atoms with van der Waals surface area (Å²) in [4.78, 5) is 104. The number of rotatable bonds is 14. The summed E-state index contributed by atoms with van der Waals surface area (Å²) in [6, 6.07) is 7.65. The number of nitrogens with two attached hydrogens (primary N) is 1. The molecule has 5 amide bonds. The van der Waals surface area contributed by atoms with Crippen LogP contribution < -0.4 is 21.7 Å². The fraction of sp³-hybridized carbons (Fsp3) is 0.444. The van der Waals surface area contributed by atoms with Crippen molar-refractivity contribution in [2.24, 2.45) is 5.73 Å². The minimum Gasteiger partial charge on any atom is -0.370 e. The van der Waals surface area contributed by atoms with Gasteiger partial charge in [-0.2, -0.15) is 0 Å². The number of amides is 5. The van der Waals surface area contributed by atoms with Crippen LogP contribution in [0.2, 0.25) is 0 Å². The first-order valence-corrected chi connectivity index (χ1v) is 21.2. The number of hydrogen-bond donors (Lipinski definition) is 7. The molecule has 1 aromatic heterocycles. The minimum absolute atomic E-state index is 0.00213. The number of hydrogen-bond acceptors (Lipinski definition) is 10. The number of nitrogens with zero attached hydrogens (tertiary/aromatic N) is 2. The molecule has 18 nitrogen and oxygen atoms in total. The monoisotopic (exact) mass is 815 g/mol. The smallest absolute Gasteiger partial charge is 0.370 e. The fourth-order valence-electron chi connectivity index (χ4n) is 6.89. The van der Waals surface area contributed by atoms with Gasteiger partial charge in [-0.05, 0) is 95.1 Å². The van der Waals surface area contributed by atoms with Crippen LogP contribution in [0.25, 0.3) is 10.9 Å². The Labute approximate surface area is 323 Å². The van der Waals surface area contributed by atoms with Crippen molar-refractivity contribution in [1.29, 1.82) is 0 Å². The van der Waals surface area contributed by atoms with Gasteiger partial charge in [-0.1, -0.05) is 12.1 Å². The van der Waals surface area contributed by atoms with Crippen LogP contribution in [0.1, 0.15) is 72.4 Å². The third kappa shape index (κ3) is 9.70. The molecule has 20 heteroatoms. The number of fused-ring (bicyclic) bond motifs is 2. The van der Waals surface area contributed by atoms with Crippen LogP contribution in [0, 0.1) is 0 Å². The second kappa shape index (κ2) is 17.1. The molecule has 0 radical (unpaired) electrons. The Balaban J connectivity index is 1.29. The van der Waals surface area contributed by atoms with Gasteiger partial charge in [0.05, 0.1) is 10.1 Å². The van der Waals surface area contributed by atoms with E-state index < -0.39 is 75.9 Å². The lowest BCUT2D eigenvalue weighted by atomic mass is 10.1. The van der Waals surface area contributed by atoms with Gasteiger partial charge in [-0.25, -0.2) is 8.42 Å². The Morgan fingerprint density at radius 3 is 2.36 bits per heavy atom. The van der Waals surface area contributed by atoms with Gasteiger partial charge in [0.15, 0.2) is 9.84 Å². The highest BCUT2D eigenvalue weighted by molar-refractivity contribution is 7.92. The van der Waals surface area contributed by atoms with Crippen LogP contribution in [0.3, 0.4) is 0 Å². The average Bonchev–Trinajstić information content (AvgIpc) is 3.77. The lowest BCUT2D eigenvalue weighted by Crippen LogP contribution is -2.61. The van der Waals surface area contributed by atoms with Crippen molar-refractivity contribution in [3.05, 3.63) is 65.4 Å². The SMILES string of the molecule is CC(C)S(=O)(=O)c1ccc(CNC(=O)[C@H](CCC(N)=O)NC(=O)[C@@H]2CC[C@@H]3CCN(C)C[C@H](NC(=O)c4cc5cc(C(=O)P(=O)(O)O)ccc5[nH]4)C(=O)N32)cc1. The maximum Gasteiger partial charge on any atom is 0.396 e. The topological polar surface area (TPSA) is 278 Å². The number of carbonyl (C=O) groups excluding carboxylic acids is 6. The Morgan fingerprint density at radius 2 is 1.71 bits per heavy atom. The summed E-state index contributed by atoms with van der Waals surface area (Å²) in [6.07, 6.45) is 0.973. The van der Waals surface area contributed by atoms with Gasteiger partial charge >= 0.3 is 7.60 Å². The zero-order valence-corrected chi connectivity index (χ0v) is 32.8. The molecule has 0 spiro atoms.